The third kappa shape index (κ3) is 4.71. The van der Waals surface area contributed by atoms with E-state index in [4.69, 9.17) is 27.9 Å². The van der Waals surface area contributed by atoms with Crippen LogP contribution >= 0.6 is 23.2 Å². The van der Waals surface area contributed by atoms with Crippen molar-refractivity contribution in [1.29, 1.82) is 0 Å². The molecule has 1 atom stereocenters. The van der Waals surface area contributed by atoms with Crippen LogP contribution in [0.5, 0.6) is 5.75 Å². The largest absolute Gasteiger partial charge is 0.484 e. The van der Waals surface area contributed by atoms with Crippen LogP contribution in [0.25, 0.3) is 11.1 Å². The molecule has 2 aromatic heterocycles. The fourth-order valence-corrected chi connectivity index (χ4v) is 4.58. The molecule has 5 nitrogen and oxygen atoms in total. The first-order valence-corrected chi connectivity index (χ1v) is 11.1. The van der Waals surface area contributed by atoms with Crippen molar-refractivity contribution in [3.63, 3.8) is 0 Å². The third-order valence-corrected chi connectivity index (χ3v) is 6.54. The number of nitrogens with zero attached hydrogens (tertiary/aromatic N) is 4. The second-order valence-corrected chi connectivity index (χ2v) is 8.85. The molecule has 1 fully saturated rings. The number of likely N-dealkylation sites (tertiary alicyclic amines) is 1. The Morgan fingerprint density at radius 3 is 2.65 bits per heavy atom. The predicted molar refractivity (Wildman–Crippen MR) is 121 cm³/mol. The third-order valence-electron chi connectivity index (χ3n) is 5.83. The summed E-state index contributed by atoms with van der Waals surface area (Å²) in [4.78, 5) is 6.83. The van der Waals surface area contributed by atoms with Crippen molar-refractivity contribution in [2.24, 2.45) is 0 Å². The Morgan fingerprint density at radius 2 is 1.90 bits per heavy atom. The first-order chi connectivity index (χ1) is 14.8. The lowest BCUT2D eigenvalue weighted by atomic mass is 10.1. The summed E-state index contributed by atoms with van der Waals surface area (Å²) in [6.07, 6.45) is 7.36. The highest BCUT2D eigenvalue weighted by Crippen LogP contribution is 2.36. The molecule has 31 heavy (non-hydrogen) atoms. The van der Waals surface area contributed by atoms with Gasteiger partial charge in [0.25, 0.3) is 0 Å². The number of hydrogen-bond donors (Lipinski definition) is 0. The van der Waals surface area contributed by atoms with Gasteiger partial charge >= 0.3 is 0 Å². The van der Waals surface area contributed by atoms with Gasteiger partial charge in [0, 0.05) is 34.1 Å². The molecule has 1 saturated heterocycles. The van der Waals surface area contributed by atoms with E-state index in [1.165, 1.54) is 12.1 Å². The Kier molecular flexibility index (Phi) is 6.51. The van der Waals surface area contributed by atoms with E-state index in [0.29, 0.717) is 22.4 Å². The maximum atomic E-state index is 13.9. The molecule has 0 spiro atoms. The molecule has 0 aliphatic carbocycles. The number of hydrogen-bond acceptors (Lipinski definition) is 4. The molecule has 3 aromatic rings. The summed E-state index contributed by atoms with van der Waals surface area (Å²) in [6.45, 7) is 5.80. The van der Waals surface area contributed by atoms with E-state index in [1.54, 1.807) is 6.92 Å². The molecule has 8 heteroatoms. The van der Waals surface area contributed by atoms with Gasteiger partial charge in [0.15, 0.2) is 0 Å². The summed E-state index contributed by atoms with van der Waals surface area (Å²) in [5, 5.41) is 4.92. The van der Waals surface area contributed by atoms with E-state index >= 15 is 0 Å². The number of rotatable bonds is 5. The number of ether oxygens (including phenoxy) is 1. The van der Waals surface area contributed by atoms with Gasteiger partial charge in [-0.3, -0.25) is 9.67 Å². The van der Waals surface area contributed by atoms with E-state index < -0.39 is 11.9 Å². The van der Waals surface area contributed by atoms with E-state index in [2.05, 4.69) is 32.9 Å². The molecule has 0 bridgehead atoms. The van der Waals surface area contributed by atoms with Crippen LogP contribution < -0.4 is 4.74 Å². The second-order valence-electron chi connectivity index (χ2n) is 8.07. The number of aromatic nitrogens is 3. The van der Waals surface area contributed by atoms with Crippen molar-refractivity contribution in [3.8, 4) is 16.9 Å². The van der Waals surface area contributed by atoms with Crippen molar-refractivity contribution in [2.45, 2.75) is 38.8 Å². The SMILES string of the molecule is Cc1ncc(-c2cnn(C3CCN(C)CC3)c2)cc1OC(C)c1c(Cl)ccc(F)c1Cl. The van der Waals surface area contributed by atoms with Gasteiger partial charge in [0.05, 0.1) is 23.0 Å². The number of piperidine rings is 1. The summed E-state index contributed by atoms with van der Waals surface area (Å²) in [6, 6.07) is 5.07. The van der Waals surface area contributed by atoms with Crippen molar-refractivity contribution in [1.82, 2.24) is 19.7 Å². The molecule has 164 valence electrons. The van der Waals surface area contributed by atoms with Crippen molar-refractivity contribution >= 4 is 23.2 Å². The van der Waals surface area contributed by atoms with Crippen LogP contribution in [0.15, 0.2) is 36.8 Å². The summed E-state index contributed by atoms with van der Waals surface area (Å²) in [5.74, 6) is 0.0647. The fraction of sp³-hybridized carbons (Fsp3) is 0.391. The molecule has 1 unspecified atom stereocenters. The highest BCUT2D eigenvalue weighted by molar-refractivity contribution is 6.36. The van der Waals surface area contributed by atoms with E-state index in [1.807, 2.05) is 25.4 Å². The van der Waals surface area contributed by atoms with Crippen molar-refractivity contribution < 1.29 is 9.13 Å². The lowest BCUT2D eigenvalue weighted by Gasteiger charge is -2.28. The van der Waals surface area contributed by atoms with Crippen LogP contribution in [0.1, 0.15) is 43.2 Å². The van der Waals surface area contributed by atoms with Gasteiger partial charge in [-0.05, 0) is 65.0 Å². The number of aryl methyl sites for hydroxylation is 1. The zero-order valence-electron chi connectivity index (χ0n) is 17.8. The molecule has 0 amide bonds. The average molecular weight is 463 g/mol. The van der Waals surface area contributed by atoms with E-state index in [-0.39, 0.29) is 5.02 Å². The fourth-order valence-electron chi connectivity index (χ4n) is 3.90. The standard InChI is InChI=1S/C23H25Cl2FN4O/c1-14-21(31-15(2)22-19(24)4-5-20(26)23(22)25)10-16(11-27-14)17-12-28-30(13-17)18-6-8-29(3)9-7-18/h4-5,10-13,15,18H,6-9H2,1-3H3. The minimum absolute atomic E-state index is 0.0267. The van der Waals surface area contributed by atoms with Gasteiger partial charge in [-0.1, -0.05) is 23.2 Å². The van der Waals surface area contributed by atoms with Crippen LogP contribution in [0.4, 0.5) is 4.39 Å². The van der Waals surface area contributed by atoms with Crippen LogP contribution in [0, 0.1) is 12.7 Å². The molecule has 0 saturated carbocycles. The minimum atomic E-state index is -0.548. The van der Waals surface area contributed by atoms with Gasteiger partial charge in [0.2, 0.25) is 0 Å². The highest BCUT2D eigenvalue weighted by atomic mass is 35.5. The first kappa shape index (κ1) is 22.1. The smallest absolute Gasteiger partial charge is 0.142 e. The molecular weight excluding hydrogens is 438 g/mol. The maximum Gasteiger partial charge on any atom is 0.142 e. The van der Waals surface area contributed by atoms with Gasteiger partial charge in [-0.25, -0.2) is 4.39 Å². The lowest BCUT2D eigenvalue weighted by Crippen LogP contribution is -2.31. The summed E-state index contributed by atoms with van der Waals surface area (Å²) < 4.78 is 22.1. The molecule has 0 N–H and O–H groups in total. The average Bonchev–Trinajstić information content (AvgIpc) is 3.23. The Morgan fingerprint density at radius 1 is 1.16 bits per heavy atom. The molecule has 4 rings (SSSR count). The van der Waals surface area contributed by atoms with E-state index in [0.717, 1.165) is 42.8 Å². The van der Waals surface area contributed by atoms with Crippen LogP contribution in [0.3, 0.4) is 0 Å². The molecule has 0 radical (unpaired) electrons. The predicted octanol–water partition coefficient (Wildman–Crippen LogP) is 6.11. The monoisotopic (exact) mass is 462 g/mol. The van der Waals surface area contributed by atoms with Crippen molar-refractivity contribution in [3.05, 3.63) is 63.9 Å². The van der Waals surface area contributed by atoms with Gasteiger partial charge in [-0.2, -0.15) is 5.10 Å². The maximum absolute atomic E-state index is 13.9. The van der Waals surface area contributed by atoms with Gasteiger partial charge < -0.3 is 9.64 Å². The summed E-state index contributed by atoms with van der Waals surface area (Å²) in [5.41, 5.74) is 3.03. The number of halogens is 3. The van der Waals surface area contributed by atoms with Crippen LogP contribution in [-0.2, 0) is 0 Å². The quantitative estimate of drug-likeness (QED) is 0.429. The summed E-state index contributed by atoms with van der Waals surface area (Å²) in [7, 11) is 2.15. The van der Waals surface area contributed by atoms with Gasteiger partial charge in [-0.15, -0.1) is 0 Å². The molecule has 1 aromatic carbocycles. The van der Waals surface area contributed by atoms with Crippen molar-refractivity contribution in [2.75, 3.05) is 20.1 Å². The number of pyridine rings is 1. The van der Waals surface area contributed by atoms with Gasteiger partial charge in [0.1, 0.15) is 17.7 Å². The minimum Gasteiger partial charge on any atom is -0.484 e. The zero-order chi connectivity index (χ0) is 22.1. The first-order valence-electron chi connectivity index (χ1n) is 10.3. The topological polar surface area (TPSA) is 43.2 Å². The lowest BCUT2D eigenvalue weighted by molar-refractivity contribution is 0.212. The normalized spacial score (nSPS) is 16.5. The molecule has 1 aliphatic rings. The number of benzene rings is 1. The van der Waals surface area contributed by atoms with E-state index in [9.17, 15) is 4.39 Å². The highest BCUT2D eigenvalue weighted by Gasteiger charge is 2.21. The Labute approximate surface area is 191 Å². The molecular formula is C23H25Cl2FN4O. The Balaban J connectivity index is 1.56. The Bertz CT molecular complexity index is 1080. The second kappa shape index (κ2) is 9.15. The van der Waals surface area contributed by atoms with Crippen LogP contribution in [-0.4, -0.2) is 39.8 Å². The molecule has 1 aliphatic heterocycles. The summed E-state index contributed by atoms with van der Waals surface area (Å²) >= 11 is 12.4. The molecule has 3 heterocycles. The zero-order valence-corrected chi connectivity index (χ0v) is 19.3. The Hall–Kier alpha value is -2.15. The van der Waals surface area contributed by atoms with Crippen LogP contribution in [0.2, 0.25) is 10.0 Å².